The molecule has 0 fully saturated rings. The van der Waals surface area contributed by atoms with Crippen LogP contribution in [0.25, 0.3) is 98.8 Å². The van der Waals surface area contributed by atoms with E-state index < -0.39 is 0 Å². The molecule has 8 heteroatoms. The first-order valence-electron chi connectivity index (χ1n) is 17.9. The zero-order valence-electron chi connectivity index (χ0n) is 29.6. The fraction of sp³-hybridized carbons (Fsp3) is 0. The van der Waals surface area contributed by atoms with Crippen molar-refractivity contribution in [2.24, 2.45) is 0 Å². The zero-order chi connectivity index (χ0) is 37.8. The van der Waals surface area contributed by atoms with Crippen molar-refractivity contribution < 1.29 is 0 Å². The van der Waals surface area contributed by atoms with Crippen LogP contribution in [0.1, 0.15) is 5.56 Å². The summed E-state index contributed by atoms with van der Waals surface area (Å²) in [5.41, 5.74) is 8.76. The van der Waals surface area contributed by atoms with Gasteiger partial charge in [0, 0.05) is 27.5 Å². The number of fused-ring (bicyclic) bond motifs is 6. The Morgan fingerprint density at radius 3 is 1.39 bits per heavy atom. The number of benzene rings is 7. The lowest BCUT2D eigenvalue weighted by Crippen LogP contribution is -2.07. The number of nitriles is 1. The third-order valence-corrected chi connectivity index (χ3v) is 10.2. The SMILES string of the molecule is [C-]#[N+]c1ccc2c(c1)c1ccccc1n2-c1cc(-c2nc(-c3ccccc3)nc(-c3ccccc3)n2)c(-n2c3ccccc3c3cc([N+]#[C-])ccc32)cc1C#N. The minimum Gasteiger partial charge on any atom is -0.309 e. The minimum atomic E-state index is 0.429. The molecule has 0 atom stereocenters. The van der Waals surface area contributed by atoms with Crippen LogP contribution in [0.15, 0.2) is 158 Å². The van der Waals surface area contributed by atoms with Gasteiger partial charge in [0.25, 0.3) is 0 Å². The summed E-state index contributed by atoms with van der Waals surface area (Å²) in [4.78, 5) is 22.8. The van der Waals surface area contributed by atoms with Crippen molar-refractivity contribution in [1.82, 2.24) is 24.1 Å². The Bertz CT molecular complexity index is 3280. The van der Waals surface area contributed by atoms with Crippen molar-refractivity contribution in [3.8, 4) is 51.6 Å². The Morgan fingerprint density at radius 2 is 0.893 bits per heavy atom. The molecule has 0 amide bonds. The topological polar surface area (TPSA) is 81.0 Å². The van der Waals surface area contributed by atoms with Gasteiger partial charge in [-0.15, -0.1) is 0 Å². The highest BCUT2D eigenvalue weighted by molar-refractivity contribution is 6.12. The number of para-hydroxylation sites is 2. The lowest BCUT2D eigenvalue weighted by atomic mass is 10.0. The van der Waals surface area contributed by atoms with Crippen LogP contribution in [0.5, 0.6) is 0 Å². The summed E-state index contributed by atoms with van der Waals surface area (Å²) in [6.45, 7) is 15.5. The normalized spacial score (nSPS) is 11.2. The molecule has 0 saturated carbocycles. The van der Waals surface area contributed by atoms with E-state index in [9.17, 15) is 5.26 Å². The van der Waals surface area contributed by atoms with Crippen molar-refractivity contribution in [2.45, 2.75) is 0 Å². The summed E-state index contributed by atoms with van der Waals surface area (Å²) in [5, 5.41) is 14.8. The van der Waals surface area contributed by atoms with Gasteiger partial charge in [0.1, 0.15) is 6.07 Å². The fourth-order valence-corrected chi connectivity index (χ4v) is 7.72. The standard InChI is InChI=1S/C48H26N8/c1-50-33-21-23-42-37(26-33)35-17-9-11-19-40(35)55(42)44-28-39(48-53-46(30-13-5-3-6-14-30)52-47(54-48)31-15-7-4-8-16-31)45(25-32(44)29-49)56-41-20-12-10-18-36(41)38-27-34(51-2)22-24-43(38)56/h3-28H. The second-order valence-electron chi connectivity index (χ2n) is 13.4. The van der Waals surface area contributed by atoms with Gasteiger partial charge in [-0.05, 0) is 59.3 Å². The van der Waals surface area contributed by atoms with E-state index in [-0.39, 0.29) is 0 Å². The average molecular weight is 715 g/mol. The molecule has 258 valence electrons. The fourth-order valence-electron chi connectivity index (χ4n) is 7.72. The summed E-state index contributed by atoms with van der Waals surface area (Å²) in [6, 6.07) is 53.7. The molecule has 8 nitrogen and oxygen atoms in total. The Labute approximate surface area is 321 Å². The summed E-state index contributed by atoms with van der Waals surface area (Å²) >= 11 is 0. The zero-order valence-corrected chi connectivity index (χ0v) is 29.6. The van der Waals surface area contributed by atoms with E-state index in [0.717, 1.165) is 54.7 Å². The minimum absolute atomic E-state index is 0.429. The first kappa shape index (κ1) is 32.3. The largest absolute Gasteiger partial charge is 0.309 e. The van der Waals surface area contributed by atoms with Gasteiger partial charge < -0.3 is 9.13 Å². The van der Waals surface area contributed by atoms with E-state index in [1.807, 2.05) is 146 Å². The molecule has 0 radical (unpaired) electrons. The van der Waals surface area contributed by atoms with Gasteiger partial charge in [0.05, 0.1) is 52.1 Å². The molecule has 0 aliphatic carbocycles. The van der Waals surface area contributed by atoms with Gasteiger partial charge in [0.15, 0.2) is 28.8 Å². The smallest absolute Gasteiger partial charge is 0.188 e. The van der Waals surface area contributed by atoms with E-state index in [0.29, 0.717) is 51.3 Å². The van der Waals surface area contributed by atoms with Gasteiger partial charge >= 0.3 is 0 Å². The number of nitrogens with zero attached hydrogens (tertiary/aromatic N) is 8. The molecule has 56 heavy (non-hydrogen) atoms. The predicted molar refractivity (Wildman–Crippen MR) is 222 cm³/mol. The molecule has 0 unspecified atom stereocenters. The van der Waals surface area contributed by atoms with E-state index >= 15 is 0 Å². The molecule has 0 spiro atoms. The number of rotatable bonds is 5. The van der Waals surface area contributed by atoms with Crippen molar-refractivity contribution in [2.75, 3.05) is 0 Å². The molecule has 0 aliphatic heterocycles. The highest BCUT2D eigenvalue weighted by atomic mass is 15.1. The molecule has 0 aliphatic rings. The van der Waals surface area contributed by atoms with E-state index in [1.165, 1.54) is 0 Å². The molecule has 0 saturated heterocycles. The predicted octanol–water partition coefficient (Wildman–Crippen LogP) is 12.0. The van der Waals surface area contributed by atoms with Crippen LogP contribution in [0.2, 0.25) is 0 Å². The molecule has 7 aromatic carbocycles. The molecule has 0 bridgehead atoms. The molecule has 3 heterocycles. The van der Waals surface area contributed by atoms with Gasteiger partial charge in [0.2, 0.25) is 0 Å². The first-order valence-corrected chi connectivity index (χ1v) is 17.9. The van der Waals surface area contributed by atoms with Gasteiger partial charge in [-0.25, -0.2) is 24.6 Å². The number of hydrogen-bond acceptors (Lipinski definition) is 4. The Hall–Kier alpha value is -8.38. The summed E-state index contributed by atoms with van der Waals surface area (Å²) in [7, 11) is 0. The average Bonchev–Trinajstić information content (AvgIpc) is 3.78. The number of hydrogen-bond donors (Lipinski definition) is 0. The third-order valence-electron chi connectivity index (χ3n) is 10.2. The highest BCUT2D eigenvalue weighted by Crippen LogP contribution is 2.41. The van der Waals surface area contributed by atoms with Crippen LogP contribution in [-0.2, 0) is 0 Å². The van der Waals surface area contributed by atoms with Crippen LogP contribution in [-0.4, -0.2) is 24.1 Å². The maximum Gasteiger partial charge on any atom is 0.188 e. The third kappa shape index (κ3) is 5.09. The van der Waals surface area contributed by atoms with Crippen LogP contribution < -0.4 is 0 Å². The highest BCUT2D eigenvalue weighted by Gasteiger charge is 2.24. The lowest BCUT2D eigenvalue weighted by Gasteiger charge is -2.18. The maximum absolute atomic E-state index is 11.0. The Morgan fingerprint density at radius 1 is 0.446 bits per heavy atom. The second kappa shape index (κ2) is 12.9. The van der Waals surface area contributed by atoms with Crippen molar-refractivity contribution in [1.29, 1.82) is 5.26 Å². The molecule has 3 aromatic heterocycles. The van der Waals surface area contributed by atoms with E-state index in [4.69, 9.17) is 28.1 Å². The van der Waals surface area contributed by atoms with Crippen molar-refractivity contribution >= 4 is 55.0 Å². The van der Waals surface area contributed by atoms with Gasteiger partial charge in [-0.2, -0.15) is 5.26 Å². The second-order valence-corrected chi connectivity index (χ2v) is 13.4. The number of aromatic nitrogens is 5. The molecule has 10 aromatic rings. The summed E-state index contributed by atoms with van der Waals surface area (Å²) in [5.74, 6) is 1.45. The van der Waals surface area contributed by atoms with Gasteiger partial charge in [-0.3, -0.25) is 0 Å². The van der Waals surface area contributed by atoms with Crippen LogP contribution in [0.4, 0.5) is 11.4 Å². The molecular formula is C48H26N8. The Kier molecular flexibility index (Phi) is 7.46. The summed E-state index contributed by atoms with van der Waals surface area (Å²) < 4.78 is 4.23. The lowest BCUT2D eigenvalue weighted by molar-refractivity contribution is 1.06. The maximum atomic E-state index is 11.0. The molecule has 10 rings (SSSR count). The van der Waals surface area contributed by atoms with E-state index in [2.05, 4.69) is 37.0 Å². The summed E-state index contributed by atoms with van der Waals surface area (Å²) in [6.07, 6.45) is 0. The Balaban J connectivity index is 1.36. The first-order chi connectivity index (χ1) is 27.6. The molecule has 0 N–H and O–H groups in total. The van der Waals surface area contributed by atoms with Gasteiger partial charge in [-0.1, -0.05) is 109 Å². The van der Waals surface area contributed by atoms with Crippen molar-refractivity contribution in [3.63, 3.8) is 0 Å². The van der Waals surface area contributed by atoms with Crippen molar-refractivity contribution in [3.05, 3.63) is 186 Å². The van der Waals surface area contributed by atoms with Crippen LogP contribution in [0.3, 0.4) is 0 Å². The van der Waals surface area contributed by atoms with Crippen LogP contribution in [0, 0.1) is 24.5 Å². The molecular weight excluding hydrogens is 689 g/mol. The van der Waals surface area contributed by atoms with Crippen LogP contribution >= 0.6 is 0 Å². The monoisotopic (exact) mass is 714 g/mol. The quantitative estimate of drug-likeness (QED) is 0.166. The van der Waals surface area contributed by atoms with E-state index in [1.54, 1.807) is 0 Å².